The molecule has 114 valence electrons. The number of ether oxygens (including phenoxy) is 3. The molecular formula is C14H29NO4. The highest BCUT2D eigenvalue weighted by molar-refractivity contribution is 5.72. The number of carbonyl (C=O) groups excluding carboxylic acids is 1. The molecule has 0 aliphatic heterocycles. The van der Waals surface area contributed by atoms with E-state index in [0.717, 1.165) is 0 Å². The van der Waals surface area contributed by atoms with Gasteiger partial charge in [0.2, 0.25) is 0 Å². The predicted molar refractivity (Wildman–Crippen MR) is 74.9 cm³/mol. The summed E-state index contributed by atoms with van der Waals surface area (Å²) in [5.74, 6) is -0.382. The van der Waals surface area contributed by atoms with Gasteiger partial charge in [-0.15, -0.1) is 0 Å². The second-order valence-electron chi connectivity index (χ2n) is 5.43. The lowest BCUT2D eigenvalue weighted by atomic mass is 10.1. The molecule has 1 N–H and O–H groups in total. The molecule has 19 heavy (non-hydrogen) atoms. The van der Waals surface area contributed by atoms with Gasteiger partial charge in [-0.25, -0.2) is 0 Å². The Kier molecular flexibility index (Phi) is 8.97. The standard InChI is InChI=1S/C14H29NO4/c1-7-17-12(18-8-2)10-15-9-11(3)13(16)19-14(4,5)6/h11-12,15H,7-10H2,1-6H3/t11-/m1/s1. The van der Waals surface area contributed by atoms with Crippen LogP contribution >= 0.6 is 0 Å². The minimum absolute atomic E-state index is 0.190. The molecule has 0 aliphatic carbocycles. The van der Waals surface area contributed by atoms with Crippen LogP contribution in [0.15, 0.2) is 0 Å². The van der Waals surface area contributed by atoms with E-state index in [9.17, 15) is 4.79 Å². The summed E-state index contributed by atoms with van der Waals surface area (Å²) in [5, 5.41) is 3.17. The average Bonchev–Trinajstić information content (AvgIpc) is 2.27. The molecule has 0 aliphatic rings. The summed E-state index contributed by atoms with van der Waals surface area (Å²) in [4.78, 5) is 11.8. The minimum Gasteiger partial charge on any atom is -0.460 e. The first kappa shape index (κ1) is 18.4. The Morgan fingerprint density at radius 2 is 1.63 bits per heavy atom. The van der Waals surface area contributed by atoms with Crippen molar-refractivity contribution >= 4 is 5.97 Å². The number of hydrogen-bond acceptors (Lipinski definition) is 5. The van der Waals surface area contributed by atoms with Crippen LogP contribution in [-0.4, -0.2) is 44.2 Å². The van der Waals surface area contributed by atoms with Crippen molar-refractivity contribution in [1.29, 1.82) is 0 Å². The second-order valence-corrected chi connectivity index (χ2v) is 5.43. The van der Waals surface area contributed by atoms with Crippen molar-refractivity contribution in [2.24, 2.45) is 5.92 Å². The molecule has 0 saturated heterocycles. The molecule has 0 amide bonds. The van der Waals surface area contributed by atoms with E-state index >= 15 is 0 Å². The first-order valence-corrected chi connectivity index (χ1v) is 6.96. The van der Waals surface area contributed by atoms with E-state index in [1.807, 2.05) is 41.5 Å². The van der Waals surface area contributed by atoms with E-state index in [-0.39, 0.29) is 18.2 Å². The molecule has 0 spiro atoms. The minimum atomic E-state index is -0.440. The number of esters is 1. The maximum absolute atomic E-state index is 11.8. The van der Waals surface area contributed by atoms with E-state index in [1.165, 1.54) is 0 Å². The fourth-order valence-electron chi connectivity index (χ4n) is 1.44. The van der Waals surface area contributed by atoms with E-state index in [2.05, 4.69) is 5.32 Å². The lowest BCUT2D eigenvalue weighted by molar-refractivity contribution is -0.159. The van der Waals surface area contributed by atoms with Gasteiger partial charge in [-0.05, 0) is 34.6 Å². The smallest absolute Gasteiger partial charge is 0.310 e. The van der Waals surface area contributed by atoms with Crippen LogP contribution in [0.2, 0.25) is 0 Å². The Hall–Kier alpha value is -0.650. The molecule has 0 heterocycles. The van der Waals surface area contributed by atoms with Crippen molar-refractivity contribution in [3.63, 3.8) is 0 Å². The number of carbonyl (C=O) groups is 1. The summed E-state index contributed by atoms with van der Waals surface area (Å²) < 4.78 is 16.1. The van der Waals surface area contributed by atoms with E-state index in [1.54, 1.807) is 0 Å². The fraction of sp³-hybridized carbons (Fsp3) is 0.929. The Morgan fingerprint density at radius 1 is 1.11 bits per heavy atom. The maximum Gasteiger partial charge on any atom is 0.310 e. The quantitative estimate of drug-likeness (QED) is 0.515. The molecular weight excluding hydrogens is 246 g/mol. The average molecular weight is 275 g/mol. The molecule has 0 bridgehead atoms. The van der Waals surface area contributed by atoms with Crippen molar-refractivity contribution < 1.29 is 19.0 Å². The third-order valence-electron chi connectivity index (χ3n) is 2.28. The molecule has 0 unspecified atom stereocenters. The van der Waals surface area contributed by atoms with Crippen molar-refractivity contribution in [3.8, 4) is 0 Å². The Bertz CT molecular complexity index is 244. The number of hydrogen-bond donors (Lipinski definition) is 1. The van der Waals surface area contributed by atoms with Gasteiger partial charge in [-0.2, -0.15) is 0 Å². The highest BCUT2D eigenvalue weighted by atomic mass is 16.7. The summed E-state index contributed by atoms with van der Waals surface area (Å²) >= 11 is 0. The highest BCUT2D eigenvalue weighted by Gasteiger charge is 2.21. The fourth-order valence-corrected chi connectivity index (χ4v) is 1.44. The van der Waals surface area contributed by atoms with E-state index in [4.69, 9.17) is 14.2 Å². The van der Waals surface area contributed by atoms with Crippen LogP contribution in [0.1, 0.15) is 41.5 Å². The predicted octanol–water partition coefficient (Wildman–Crippen LogP) is 1.95. The van der Waals surface area contributed by atoms with Crippen LogP contribution < -0.4 is 5.32 Å². The van der Waals surface area contributed by atoms with Crippen LogP contribution in [0, 0.1) is 5.92 Å². The molecule has 5 heteroatoms. The van der Waals surface area contributed by atoms with Crippen LogP contribution in [0.3, 0.4) is 0 Å². The van der Waals surface area contributed by atoms with Gasteiger partial charge in [0.15, 0.2) is 6.29 Å². The summed E-state index contributed by atoms with van der Waals surface area (Å²) in [6.45, 7) is 13.6. The Morgan fingerprint density at radius 3 is 2.05 bits per heavy atom. The molecule has 0 aromatic carbocycles. The summed E-state index contributed by atoms with van der Waals surface area (Å²) in [6.07, 6.45) is -0.263. The van der Waals surface area contributed by atoms with Crippen molar-refractivity contribution in [2.45, 2.75) is 53.4 Å². The Labute approximate surface area is 117 Å². The van der Waals surface area contributed by atoms with Crippen molar-refractivity contribution in [2.75, 3.05) is 26.3 Å². The zero-order chi connectivity index (χ0) is 14.9. The third kappa shape index (κ3) is 9.87. The molecule has 5 nitrogen and oxygen atoms in total. The molecule has 0 aromatic rings. The molecule has 0 saturated carbocycles. The number of nitrogens with one attached hydrogen (secondary N) is 1. The van der Waals surface area contributed by atoms with Gasteiger partial charge < -0.3 is 19.5 Å². The molecule has 0 radical (unpaired) electrons. The van der Waals surface area contributed by atoms with Gasteiger partial charge in [0.25, 0.3) is 0 Å². The third-order valence-corrected chi connectivity index (χ3v) is 2.28. The van der Waals surface area contributed by atoms with Crippen LogP contribution in [-0.2, 0) is 19.0 Å². The first-order chi connectivity index (χ1) is 8.80. The van der Waals surface area contributed by atoms with Gasteiger partial charge in [0.1, 0.15) is 5.60 Å². The van der Waals surface area contributed by atoms with Gasteiger partial charge in [-0.3, -0.25) is 4.79 Å². The van der Waals surface area contributed by atoms with Crippen LogP contribution in [0.5, 0.6) is 0 Å². The topological polar surface area (TPSA) is 56.8 Å². The Balaban J connectivity index is 3.94. The van der Waals surface area contributed by atoms with Gasteiger partial charge in [-0.1, -0.05) is 6.92 Å². The highest BCUT2D eigenvalue weighted by Crippen LogP contribution is 2.10. The van der Waals surface area contributed by atoms with Gasteiger partial charge >= 0.3 is 5.97 Å². The zero-order valence-electron chi connectivity index (χ0n) is 13.1. The SMILES string of the molecule is CCOC(CNC[C@@H](C)C(=O)OC(C)(C)C)OCC. The van der Waals surface area contributed by atoms with Crippen LogP contribution in [0.4, 0.5) is 0 Å². The molecule has 0 rings (SSSR count). The molecule has 0 aromatic heterocycles. The largest absolute Gasteiger partial charge is 0.460 e. The zero-order valence-corrected chi connectivity index (χ0v) is 13.1. The lowest BCUT2D eigenvalue weighted by Crippen LogP contribution is -2.37. The maximum atomic E-state index is 11.8. The molecule has 0 fully saturated rings. The van der Waals surface area contributed by atoms with Crippen molar-refractivity contribution in [3.05, 3.63) is 0 Å². The van der Waals surface area contributed by atoms with Crippen LogP contribution in [0.25, 0.3) is 0 Å². The summed E-state index contributed by atoms with van der Waals surface area (Å²) in [7, 11) is 0. The van der Waals surface area contributed by atoms with E-state index < -0.39 is 5.60 Å². The normalized spacial score (nSPS) is 13.6. The lowest BCUT2D eigenvalue weighted by Gasteiger charge is -2.23. The monoisotopic (exact) mass is 275 g/mol. The molecule has 1 atom stereocenters. The summed E-state index contributed by atoms with van der Waals surface area (Å²) in [6, 6.07) is 0. The van der Waals surface area contributed by atoms with E-state index in [0.29, 0.717) is 26.3 Å². The first-order valence-electron chi connectivity index (χ1n) is 6.96. The number of rotatable bonds is 9. The van der Waals surface area contributed by atoms with Gasteiger partial charge in [0.05, 0.1) is 5.92 Å². The summed E-state index contributed by atoms with van der Waals surface area (Å²) in [5.41, 5.74) is -0.440. The van der Waals surface area contributed by atoms with Crippen molar-refractivity contribution in [1.82, 2.24) is 5.32 Å². The second kappa shape index (κ2) is 9.28. The van der Waals surface area contributed by atoms with Gasteiger partial charge in [0, 0.05) is 26.3 Å².